The molecule has 4 fully saturated rings. The molecule has 3 aliphatic heterocycles. The Kier molecular flexibility index (Phi) is 12.3. The van der Waals surface area contributed by atoms with Crippen molar-refractivity contribution in [2.24, 2.45) is 0 Å². The van der Waals surface area contributed by atoms with Crippen LogP contribution in [-0.4, -0.2) is 132 Å². The standard InChI is InChI=1S/C42H56F3N5O7/c1-40(2,3)56-38(53)49-21-15-46(16-22-49)32-24-30(23-31(43)26-32)37(52)48-19-17-47(18-20-48)36(51)29-7-8-35(34(25-29)28-9-12-42(44,45)13-10-28)55-33-11-14-50(27-33)39(54)57-41(4,5)6/h7-8,23-26,28,33H,9-22,27H2,1-6H3/t33-/m0/s1. The van der Waals surface area contributed by atoms with Crippen LogP contribution in [0.1, 0.15) is 106 Å². The number of likely N-dealkylation sites (tertiary alicyclic amines) is 1. The Morgan fingerprint density at radius 1 is 0.649 bits per heavy atom. The van der Waals surface area contributed by atoms with Crippen LogP contribution in [0.25, 0.3) is 0 Å². The Morgan fingerprint density at radius 3 is 1.77 bits per heavy atom. The van der Waals surface area contributed by atoms with Crippen LogP contribution in [-0.2, 0) is 9.47 Å². The highest BCUT2D eigenvalue weighted by Crippen LogP contribution is 2.44. The van der Waals surface area contributed by atoms with Crippen molar-refractivity contribution in [3.8, 4) is 5.75 Å². The number of halogens is 3. The van der Waals surface area contributed by atoms with E-state index in [1.807, 2.05) is 25.7 Å². The average molecular weight is 800 g/mol. The molecule has 0 unspecified atom stereocenters. The fourth-order valence-electron chi connectivity index (χ4n) is 7.79. The molecule has 1 atom stereocenters. The van der Waals surface area contributed by atoms with Crippen molar-refractivity contribution in [1.29, 1.82) is 0 Å². The summed E-state index contributed by atoms with van der Waals surface area (Å²) in [6, 6.07) is 9.42. The monoisotopic (exact) mass is 799 g/mol. The maximum absolute atomic E-state index is 14.9. The van der Waals surface area contributed by atoms with E-state index in [0.29, 0.717) is 68.3 Å². The molecule has 0 bridgehead atoms. The number of piperazine rings is 2. The lowest BCUT2D eigenvalue weighted by molar-refractivity contribution is -0.0384. The summed E-state index contributed by atoms with van der Waals surface area (Å²) in [7, 11) is 0. The van der Waals surface area contributed by atoms with Crippen molar-refractivity contribution in [2.45, 2.75) is 103 Å². The van der Waals surface area contributed by atoms with Crippen LogP contribution < -0.4 is 9.64 Å². The highest BCUT2D eigenvalue weighted by Gasteiger charge is 2.38. The van der Waals surface area contributed by atoms with E-state index in [2.05, 4.69) is 0 Å². The number of alkyl halides is 2. The van der Waals surface area contributed by atoms with E-state index < -0.39 is 35.1 Å². The number of hydrogen-bond acceptors (Lipinski definition) is 8. The second-order valence-corrected chi connectivity index (χ2v) is 17.6. The van der Waals surface area contributed by atoms with E-state index in [-0.39, 0.29) is 81.3 Å². The third-order valence-corrected chi connectivity index (χ3v) is 10.8. The SMILES string of the molecule is CC(C)(C)OC(=O)N1CCN(c2cc(F)cc(C(=O)N3CCN(C(=O)c4ccc(O[C@H]5CCN(C(=O)OC(C)(C)C)C5)c(C5CCC(F)(F)CC5)c4)CC3)c2)CC1. The molecule has 6 rings (SSSR count). The van der Waals surface area contributed by atoms with Crippen LogP contribution in [0, 0.1) is 5.82 Å². The van der Waals surface area contributed by atoms with Gasteiger partial charge in [0.25, 0.3) is 11.8 Å². The lowest BCUT2D eigenvalue weighted by Crippen LogP contribution is -2.51. The lowest BCUT2D eigenvalue weighted by atomic mass is 9.81. The average Bonchev–Trinajstić information content (AvgIpc) is 3.62. The molecule has 4 amide bonds. The van der Waals surface area contributed by atoms with Crippen LogP contribution in [0.5, 0.6) is 5.75 Å². The molecule has 2 aromatic rings. The largest absolute Gasteiger partial charge is 0.488 e. The van der Waals surface area contributed by atoms with Gasteiger partial charge in [-0.3, -0.25) is 9.59 Å². The Bertz CT molecular complexity index is 1800. The van der Waals surface area contributed by atoms with Crippen molar-refractivity contribution in [2.75, 3.05) is 70.3 Å². The first-order valence-electron chi connectivity index (χ1n) is 20.0. The predicted molar refractivity (Wildman–Crippen MR) is 208 cm³/mol. The topological polar surface area (TPSA) is 112 Å². The van der Waals surface area contributed by atoms with Crippen molar-refractivity contribution in [1.82, 2.24) is 19.6 Å². The molecule has 2 aromatic carbocycles. The number of carbonyl (C=O) groups excluding carboxylic acids is 4. The molecular formula is C42H56F3N5O7. The Labute approximate surface area is 333 Å². The molecule has 0 spiro atoms. The molecule has 4 aliphatic rings. The van der Waals surface area contributed by atoms with Gasteiger partial charge in [-0.15, -0.1) is 0 Å². The van der Waals surface area contributed by atoms with Gasteiger partial charge in [-0.2, -0.15) is 0 Å². The molecule has 12 nitrogen and oxygen atoms in total. The summed E-state index contributed by atoms with van der Waals surface area (Å²) in [6.45, 7) is 14.3. The Hall–Kier alpha value is -4.69. The first kappa shape index (κ1) is 41.9. The molecule has 1 saturated carbocycles. The number of rotatable bonds is 6. The molecule has 312 valence electrons. The number of nitrogens with zero attached hydrogens (tertiary/aromatic N) is 5. The Balaban J connectivity index is 1.08. The zero-order valence-electron chi connectivity index (χ0n) is 34.0. The summed E-state index contributed by atoms with van der Waals surface area (Å²) < 4.78 is 60.7. The van der Waals surface area contributed by atoms with Gasteiger partial charge in [0.2, 0.25) is 5.92 Å². The van der Waals surface area contributed by atoms with Crippen LogP contribution >= 0.6 is 0 Å². The molecule has 3 heterocycles. The minimum atomic E-state index is -2.73. The zero-order valence-corrected chi connectivity index (χ0v) is 34.0. The highest BCUT2D eigenvalue weighted by atomic mass is 19.3. The Morgan fingerprint density at radius 2 is 1.19 bits per heavy atom. The minimum Gasteiger partial charge on any atom is -0.488 e. The summed E-state index contributed by atoms with van der Waals surface area (Å²) >= 11 is 0. The van der Waals surface area contributed by atoms with Gasteiger partial charge in [0, 0.05) is 95.0 Å². The maximum atomic E-state index is 14.9. The van der Waals surface area contributed by atoms with Gasteiger partial charge in [0.05, 0.1) is 6.54 Å². The normalized spacial score (nSPS) is 20.7. The molecular weight excluding hydrogens is 743 g/mol. The molecule has 0 aromatic heterocycles. The van der Waals surface area contributed by atoms with Gasteiger partial charge in [-0.25, -0.2) is 22.8 Å². The number of amides is 4. The molecule has 3 saturated heterocycles. The lowest BCUT2D eigenvalue weighted by Gasteiger charge is -2.37. The van der Waals surface area contributed by atoms with E-state index in [4.69, 9.17) is 14.2 Å². The number of ether oxygens (including phenoxy) is 3. The smallest absolute Gasteiger partial charge is 0.410 e. The van der Waals surface area contributed by atoms with Crippen LogP contribution in [0.3, 0.4) is 0 Å². The third kappa shape index (κ3) is 10.8. The summed E-state index contributed by atoms with van der Waals surface area (Å²) in [5.41, 5.74) is 0.614. The van der Waals surface area contributed by atoms with Gasteiger partial charge in [0.15, 0.2) is 0 Å². The number of carbonyl (C=O) groups is 4. The summed E-state index contributed by atoms with van der Waals surface area (Å²) in [4.78, 5) is 61.1. The van der Waals surface area contributed by atoms with Crippen LogP contribution in [0.4, 0.5) is 28.4 Å². The second kappa shape index (κ2) is 16.7. The fraction of sp³-hybridized carbons (Fsp3) is 0.619. The van der Waals surface area contributed by atoms with Crippen molar-refractivity contribution >= 4 is 29.7 Å². The van der Waals surface area contributed by atoms with Gasteiger partial charge in [0.1, 0.15) is 28.9 Å². The van der Waals surface area contributed by atoms with Crippen molar-refractivity contribution < 1.29 is 46.6 Å². The van der Waals surface area contributed by atoms with E-state index in [9.17, 15) is 32.3 Å². The zero-order chi connectivity index (χ0) is 41.3. The van der Waals surface area contributed by atoms with Crippen LogP contribution in [0.15, 0.2) is 36.4 Å². The number of hydrogen-bond donors (Lipinski definition) is 0. The molecule has 1 aliphatic carbocycles. The van der Waals surface area contributed by atoms with E-state index in [0.717, 1.165) is 0 Å². The summed E-state index contributed by atoms with van der Waals surface area (Å²) in [6.07, 6.45) is -0.560. The van der Waals surface area contributed by atoms with Crippen LogP contribution in [0.2, 0.25) is 0 Å². The molecule has 15 heteroatoms. The molecule has 0 radical (unpaired) electrons. The van der Waals surface area contributed by atoms with E-state index in [1.165, 1.54) is 12.1 Å². The highest BCUT2D eigenvalue weighted by molar-refractivity contribution is 5.97. The first-order chi connectivity index (χ1) is 26.7. The summed E-state index contributed by atoms with van der Waals surface area (Å²) in [5, 5.41) is 0. The maximum Gasteiger partial charge on any atom is 0.410 e. The van der Waals surface area contributed by atoms with Gasteiger partial charge < -0.3 is 38.7 Å². The van der Waals surface area contributed by atoms with Gasteiger partial charge in [-0.05, 0) is 102 Å². The van der Waals surface area contributed by atoms with Gasteiger partial charge >= 0.3 is 12.2 Å². The molecule has 57 heavy (non-hydrogen) atoms. The second-order valence-electron chi connectivity index (χ2n) is 17.6. The van der Waals surface area contributed by atoms with Gasteiger partial charge in [-0.1, -0.05) is 0 Å². The first-order valence-corrected chi connectivity index (χ1v) is 20.0. The van der Waals surface area contributed by atoms with E-state index in [1.54, 1.807) is 64.6 Å². The summed E-state index contributed by atoms with van der Waals surface area (Å²) in [5.74, 6) is -3.56. The van der Waals surface area contributed by atoms with Crippen molar-refractivity contribution in [3.05, 3.63) is 58.9 Å². The van der Waals surface area contributed by atoms with E-state index >= 15 is 0 Å². The quantitative estimate of drug-likeness (QED) is 0.303. The van der Waals surface area contributed by atoms with Crippen molar-refractivity contribution in [3.63, 3.8) is 0 Å². The fourth-order valence-corrected chi connectivity index (χ4v) is 7.79. The molecule has 0 N–H and O–H groups in total. The third-order valence-electron chi connectivity index (χ3n) is 10.8. The number of benzene rings is 2. The number of anilines is 1. The minimum absolute atomic E-state index is 0.203. The predicted octanol–water partition coefficient (Wildman–Crippen LogP) is 7.16.